The number of imidazole rings is 1. The number of benzene rings is 1. The van der Waals surface area contributed by atoms with E-state index in [2.05, 4.69) is 20.3 Å². The Kier molecular flexibility index (Phi) is 2.41. The Balaban J connectivity index is 1.71. The molecule has 3 aromatic rings. The van der Waals surface area contributed by atoms with E-state index in [-0.39, 0.29) is 5.91 Å². The summed E-state index contributed by atoms with van der Waals surface area (Å²) in [7, 11) is 0. The number of anilines is 2. The van der Waals surface area contributed by atoms with Gasteiger partial charge in [0, 0.05) is 5.69 Å². The van der Waals surface area contributed by atoms with Crippen LogP contribution in [0, 0.1) is 0 Å². The van der Waals surface area contributed by atoms with Crippen LogP contribution < -0.4 is 11.1 Å². The van der Waals surface area contributed by atoms with Crippen LogP contribution in [0.15, 0.2) is 30.9 Å². The fourth-order valence-corrected chi connectivity index (χ4v) is 2.59. The summed E-state index contributed by atoms with van der Waals surface area (Å²) in [5, 5.41) is 2.83. The second-order valence-corrected chi connectivity index (χ2v) is 5.02. The Labute approximate surface area is 119 Å². The Morgan fingerprint density at radius 1 is 1.29 bits per heavy atom. The van der Waals surface area contributed by atoms with Crippen molar-refractivity contribution in [2.45, 2.75) is 13.0 Å². The molecule has 0 fully saturated rings. The number of nitrogens with two attached hydrogens (primary N) is 1. The van der Waals surface area contributed by atoms with E-state index in [9.17, 15) is 4.79 Å². The van der Waals surface area contributed by atoms with Crippen molar-refractivity contribution in [3.63, 3.8) is 0 Å². The zero-order chi connectivity index (χ0) is 14.4. The Morgan fingerprint density at radius 2 is 2.19 bits per heavy atom. The first-order valence-corrected chi connectivity index (χ1v) is 6.53. The van der Waals surface area contributed by atoms with Crippen molar-refractivity contribution in [1.82, 2.24) is 19.5 Å². The molecule has 0 saturated heterocycles. The largest absolute Gasteiger partial charge is 0.382 e. The minimum atomic E-state index is 0.0377. The number of hydrogen-bond acceptors (Lipinski definition) is 5. The summed E-state index contributed by atoms with van der Waals surface area (Å²) in [6.45, 7) is 0.619. The third-order valence-electron chi connectivity index (χ3n) is 3.58. The first kappa shape index (κ1) is 11.8. The summed E-state index contributed by atoms with van der Waals surface area (Å²) in [6.07, 6.45) is 3.57. The van der Waals surface area contributed by atoms with Gasteiger partial charge in [-0.1, -0.05) is 12.1 Å². The predicted octanol–water partition coefficient (Wildman–Crippen LogP) is 0.951. The van der Waals surface area contributed by atoms with Gasteiger partial charge in [-0.2, -0.15) is 0 Å². The lowest BCUT2D eigenvalue weighted by Crippen LogP contribution is -2.03. The Hall–Kier alpha value is -2.96. The summed E-state index contributed by atoms with van der Waals surface area (Å²) in [5.74, 6) is 0.415. The van der Waals surface area contributed by atoms with Crippen LogP contribution in [0.2, 0.25) is 0 Å². The van der Waals surface area contributed by atoms with E-state index in [0.717, 1.165) is 16.8 Å². The third-order valence-corrected chi connectivity index (χ3v) is 3.58. The molecule has 21 heavy (non-hydrogen) atoms. The highest BCUT2D eigenvalue weighted by molar-refractivity contribution is 5.99. The minimum Gasteiger partial charge on any atom is -0.382 e. The average molecular weight is 280 g/mol. The molecular weight excluding hydrogens is 268 g/mol. The number of fused-ring (bicyclic) bond motifs is 2. The van der Waals surface area contributed by atoms with Gasteiger partial charge in [0.05, 0.1) is 19.3 Å². The average Bonchev–Trinajstić information content (AvgIpc) is 3.02. The summed E-state index contributed by atoms with van der Waals surface area (Å²) >= 11 is 0. The predicted molar refractivity (Wildman–Crippen MR) is 77.6 cm³/mol. The van der Waals surface area contributed by atoms with E-state index in [1.165, 1.54) is 6.33 Å². The molecule has 0 bridgehead atoms. The van der Waals surface area contributed by atoms with Gasteiger partial charge >= 0.3 is 0 Å². The molecule has 2 aromatic heterocycles. The molecule has 3 heterocycles. The lowest BCUT2D eigenvalue weighted by molar-refractivity contribution is -0.115. The van der Waals surface area contributed by atoms with E-state index in [0.29, 0.717) is 29.9 Å². The Morgan fingerprint density at radius 3 is 3.10 bits per heavy atom. The van der Waals surface area contributed by atoms with Gasteiger partial charge in [0.2, 0.25) is 5.91 Å². The third kappa shape index (κ3) is 1.90. The zero-order valence-electron chi connectivity index (χ0n) is 11.1. The molecule has 1 amide bonds. The van der Waals surface area contributed by atoms with Crippen LogP contribution in [-0.2, 0) is 17.8 Å². The van der Waals surface area contributed by atoms with Gasteiger partial charge in [-0.15, -0.1) is 0 Å². The monoisotopic (exact) mass is 280 g/mol. The van der Waals surface area contributed by atoms with Crippen LogP contribution in [0.5, 0.6) is 0 Å². The van der Waals surface area contributed by atoms with E-state index >= 15 is 0 Å². The van der Waals surface area contributed by atoms with Crippen LogP contribution in [0.3, 0.4) is 0 Å². The molecule has 1 aromatic carbocycles. The van der Waals surface area contributed by atoms with Crippen molar-refractivity contribution >= 4 is 28.6 Å². The first-order valence-electron chi connectivity index (χ1n) is 6.53. The molecule has 1 aliphatic heterocycles. The highest BCUT2D eigenvalue weighted by atomic mass is 16.1. The molecule has 0 saturated carbocycles. The summed E-state index contributed by atoms with van der Waals surface area (Å²) in [6, 6.07) is 5.95. The fourth-order valence-electron chi connectivity index (χ4n) is 2.59. The molecule has 0 unspecified atom stereocenters. The minimum absolute atomic E-state index is 0.0377. The topological polar surface area (TPSA) is 98.7 Å². The molecule has 3 N–H and O–H groups in total. The first-order chi connectivity index (χ1) is 10.2. The number of carbonyl (C=O) groups excluding carboxylic acids is 1. The maximum atomic E-state index is 11.4. The summed E-state index contributed by atoms with van der Waals surface area (Å²) in [5.41, 5.74) is 10.1. The van der Waals surface area contributed by atoms with Crippen molar-refractivity contribution in [2.24, 2.45) is 0 Å². The number of hydrogen-bond donors (Lipinski definition) is 2. The highest BCUT2D eigenvalue weighted by Gasteiger charge is 2.17. The van der Waals surface area contributed by atoms with Crippen LogP contribution in [0.25, 0.3) is 11.2 Å². The lowest BCUT2D eigenvalue weighted by Gasteiger charge is -2.06. The molecule has 1 aliphatic rings. The number of carbonyl (C=O) groups is 1. The SMILES string of the molecule is Nc1ncnc2c1ncn2Cc1ccc2c(c1)CC(=O)N2. The molecule has 0 aliphatic carbocycles. The fraction of sp³-hybridized carbons (Fsp3) is 0.143. The molecule has 0 radical (unpaired) electrons. The summed E-state index contributed by atoms with van der Waals surface area (Å²) in [4.78, 5) is 23.8. The van der Waals surface area contributed by atoms with Crippen LogP contribution in [-0.4, -0.2) is 25.4 Å². The maximum absolute atomic E-state index is 11.4. The van der Waals surface area contributed by atoms with Gasteiger partial charge in [0.1, 0.15) is 11.8 Å². The molecule has 0 spiro atoms. The van der Waals surface area contributed by atoms with Crippen LogP contribution >= 0.6 is 0 Å². The standard InChI is InChI=1S/C14H12N6O/c15-13-12-14(17-6-16-13)20(7-18-12)5-8-1-2-10-9(3-8)4-11(21)19-10/h1-3,6-7H,4-5H2,(H,19,21)(H2,15,16,17). The quantitative estimate of drug-likeness (QED) is 0.728. The molecule has 7 heteroatoms. The summed E-state index contributed by atoms with van der Waals surface area (Å²) < 4.78 is 1.92. The van der Waals surface area contributed by atoms with Gasteiger partial charge in [-0.3, -0.25) is 4.79 Å². The number of amides is 1. The molecule has 4 rings (SSSR count). The number of aromatic nitrogens is 4. The molecular formula is C14H12N6O. The van der Waals surface area contributed by atoms with E-state index < -0.39 is 0 Å². The van der Waals surface area contributed by atoms with E-state index in [1.54, 1.807) is 6.33 Å². The van der Waals surface area contributed by atoms with Crippen molar-refractivity contribution in [3.05, 3.63) is 42.0 Å². The lowest BCUT2D eigenvalue weighted by atomic mass is 10.1. The van der Waals surface area contributed by atoms with Crippen LogP contribution in [0.4, 0.5) is 11.5 Å². The smallest absolute Gasteiger partial charge is 0.228 e. The van der Waals surface area contributed by atoms with Gasteiger partial charge in [0.15, 0.2) is 11.5 Å². The zero-order valence-corrected chi connectivity index (χ0v) is 11.1. The molecule has 104 valence electrons. The number of nitrogens with zero attached hydrogens (tertiary/aromatic N) is 4. The van der Waals surface area contributed by atoms with Gasteiger partial charge < -0.3 is 15.6 Å². The van der Waals surface area contributed by atoms with E-state index in [4.69, 9.17) is 5.73 Å². The second-order valence-electron chi connectivity index (χ2n) is 5.02. The van der Waals surface area contributed by atoms with Crippen LogP contribution in [0.1, 0.15) is 11.1 Å². The van der Waals surface area contributed by atoms with Gasteiger partial charge in [0.25, 0.3) is 0 Å². The van der Waals surface area contributed by atoms with E-state index in [1.807, 2.05) is 22.8 Å². The molecule has 7 nitrogen and oxygen atoms in total. The van der Waals surface area contributed by atoms with Crippen molar-refractivity contribution in [1.29, 1.82) is 0 Å². The highest BCUT2D eigenvalue weighted by Crippen LogP contribution is 2.24. The Bertz CT molecular complexity index is 869. The normalized spacial score (nSPS) is 13.4. The van der Waals surface area contributed by atoms with Gasteiger partial charge in [-0.05, 0) is 17.2 Å². The van der Waals surface area contributed by atoms with Crippen molar-refractivity contribution in [2.75, 3.05) is 11.1 Å². The van der Waals surface area contributed by atoms with Gasteiger partial charge in [-0.25, -0.2) is 15.0 Å². The number of nitrogen functional groups attached to an aromatic ring is 1. The maximum Gasteiger partial charge on any atom is 0.228 e. The number of nitrogens with one attached hydrogen (secondary N) is 1. The second kappa shape index (κ2) is 4.27. The molecule has 0 atom stereocenters. The van der Waals surface area contributed by atoms with Crippen molar-refractivity contribution in [3.8, 4) is 0 Å². The number of rotatable bonds is 2. The van der Waals surface area contributed by atoms with Crippen molar-refractivity contribution < 1.29 is 4.79 Å².